The monoisotopic (exact) mass is 1000 g/mol. The molecule has 0 amide bonds. The number of benzene rings is 11. The molecule has 0 aliphatic carbocycles. The molecule has 11 aromatic carbocycles. The standard InChI is InChI=1S/C68H48N6Si2/c1-5-25-51(26-6-1)75(52-27-7-2-8-28-52,57-33-21-23-49(47-57)71-63-39-17-19-41-65(63)73-61-37-15-13-35-59(61)69-67(71)73)55-43-45-56(46-44-55)76(53-29-9-3-10-30-53,54-31-11-4-12-32-54)58-34-22-24-50(48-58)72-64-40-18-20-42-66(64)74-62-38-16-14-36-60(62)70-68(72)74/h1-48H. The number of hydrogen-bond acceptors (Lipinski definition) is 2. The molecule has 0 spiro atoms. The number of nitrogens with zero attached hydrogens (tertiary/aromatic N) is 6. The number of para-hydroxylation sites is 8. The van der Waals surface area contributed by atoms with Gasteiger partial charge in [0.15, 0.2) is 16.1 Å². The van der Waals surface area contributed by atoms with E-state index in [9.17, 15) is 0 Å². The second kappa shape index (κ2) is 17.5. The van der Waals surface area contributed by atoms with Crippen LogP contribution in [-0.2, 0) is 0 Å². The predicted octanol–water partition coefficient (Wildman–Crippen LogP) is 9.93. The summed E-state index contributed by atoms with van der Waals surface area (Å²) in [6, 6.07) is 108. The molecule has 0 radical (unpaired) electrons. The molecule has 0 atom stereocenters. The van der Waals surface area contributed by atoms with Crippen LogP contribution in [0.4, 0.5) is 0 Å². The minimum absolute atomic E-state index is 0.898. The maximum absolute atomic E-state index is 5.29. The lowest BCUT2D eigenvalue weighted by Gasteiger charge is -2.37. The van der Waals surface area contributed by atoms with E-state index in [1.807, 2.05) is 0 Å². The van der Waals surface area contributed by atoms with Gasteiger partial charge in [-0.2, -0.15) is 0 Å². The highest BCUT2D eigenvalue weighted by atomic mass is 28.3. The molecule has 6 nitrogen and oxygen atoms in total. The van der Waals surface area contributed by atoms with Crippen LogP contribution in [0, 0.1) is 0 Å². The van der Waals surface area contributed by atoms with Crippen LogP contribution in [-0.4, -0.2) is 44.1 Å². The van der Waals surface area contributed by atoms with E-state index in [4.69, 9.17) is 9.97 Å². The van der Waals surface area contributed by atoms with Crippen molar-refractivity contribution < 1.29 is 0 Å². The normalized spacial score (nSPS) is 12.2. The minimum Gasteiger partial charge on any atom is -0.278 e. The summed E-state index contributed by atoms with van der Waals surface area (Å²) in [5.74, 6) is 1.80. The van der Waals surface area contributed by atoms with Gasteiger partial charge in [-0.05, 0) is 114 Å². The first-order chi connectivity index (χ1) is 37.7. The fraction of sp³-hybridized carbons (Fsp3) is 0. The van der Waals surface area contributed by atoms with Crippen molar-refractivity contribution in [3.8, 4) is 11.4 Å². The lowest BCUT2D eigenvalue weighted by molar-refractivity contribution is 1.11. The lowest BCUT2D eigenvalue weighted by Crippen LogP contribution is -2.76. The molecular formula is C68H48N6Si2. The van der Waals surface area contributed by atoms with Crippen molar-refractivity contribution in [2.24, 2.45) is 0 Å². The van der Waals surface area contributed by atoms with E-state index in [2.05, 4.69) is 309 Å². The third-order valence-electron chi connectivity index (χ3n) is 15.9. The quantitative estimate of drug-likeness (QED) is 0.101. The highest BCUT2D eigenvalue weighted by Gasteiger charge is 2.45. The zero-order chi connectivity index (χ0) is 50.2. The Bertz CT molecular complexity index is 4260. The van der Waals surface area contributed by atoms with Crippen molar-refractivity contribution in [2.75, 3.05) is 0 Å². The summed E-state index contributed by atoms with van der Waals surface area (Å²) in [5.41, 5.74) is 10.8. The largest absolute Gasteiger partial charge is 0.278 e. The molecule has 0 unspecified atom stereocenters. The van der Waals surface area contributed by atoms with Crippen molar-refractivity contribution in [1.82, 2.24) is 27.9 Å². The molecule has 0 N–H and O–H groups in total. The first kappa shape index (κ1) is 43.9. The molecule has 0 aliphatic rings. The van der Waals surface area contributed by atoms with Gasteiger partial charge in [-0.3, -0.25) is 17.9 Å². The summed E-state index contributed by atoms with van der Waals surface area (Å²) in [6.07, 6.45) is 0. The second-order valence-corrected chi connectivity index (χ2v) is 27.4. The highest BCUT2D eigenvalue weighted by Crippen LogP contribution is 2.31. The van der Waals surface area contributed by atoms with Crippen LogP contribution in [0.3, 0.4) is 0 Å². The summed E-state index contributed by atoms with van der Waals surface area (Å²) < 4.78 is 9.31. The number of hydrogen-bond donors (Lipinski definition) is 0. The van der Waals surface area contributed by atoms with Gasteiger partial charge in [0.25, 0.3) is 0 Å². The highest BCUT2D eigenvalue weighted by molar-refractivity contribution is 7.21. The molecule has 0 saturated carbocycles. The molecular weight excluding hydrogens is 957 g/mol. The Hall–Kier alpha value is -9.61. The van der Waals surface area contributed by atoms with Crippen LogP contribution in [0.2, 0.25) is 0 Å². The fourth-order valence-corrected chi connectivity index (χ4v) is 22.2. The fourth-order valence-electron chi connectivity index (χ4n) is 12.7. The van der Waals surface area contributed by atoms with Gasteiger partial charge in [0.2, 0.25) is 11.6 Å². The van der Waals surface area contributed by atoms with Gasteiger partial charge in [0.05, 0.1) is 44.1 Å². The van der Waals surface area contributed by atoms with Crippen molar-refractivity contribution in [2.45, 2.75) is 0 Å². The molecule has 0 fully saturated rings. The molecule has 15 aromatic rings. The third kappa shape index (κ3) is 6.44. The maximum atomic E-state index is 5.29. The van der Waals surface area contributed by atoms with Crippen molar-refractivity contribution in [3.63, 3.8) is 0 Å². The molecule has 358 valence electrons. The Labute approximate surface area is 441 Å². The van der Waals surface area contributed by atoms with Gasteiger partial charge < -0.3 is 0 Å². The molecule has 4 aromatic heterocycles. The van der Waals surface area contributed by atoms with Crippen molar-refractivity contribution in [3.05, 3.63) is 291 Å². The Morgan fingerprint density at radius 1 is 0.224 bits per heavy atom. The molecule has 0 aliphatic heterocycles. The van der Waals surface area contributed by atoms with E-state index in [1.54, 1.807) is 0 Å². The summed E-state index contributed by atoms with van der Waals surface area (Å²) in [6.45, 7) is 0. The summed E-state index contributed by atoms with van der Waals surface area (Å²) >= 11 is 0. The first-order valence-corrected chi connectivity index (χ1v) is 30.0. The summed E-state index contributed by atoms with van der Waals surface area (Å²) in [5, 5.41) is 10.5. The first-order valence-electron chi connectivity index (χ1n) is 26.0. The minimum atomic E-state index is -3.08. The van der Waals surface area contributed by atoms with Crippen molar-refractivity contribution in [1.29, 1.82) is 0 Å². The van der Waals surface area contributed by atoms with E-state index in [1.165, 1.54) is 41.5 Å². The number of rotatable bonds is 10. The number of fused-ring (bicyclic) bond motifs is 10. The molecule has 0 saturated heterocycles. The smallest absolute Gasteiger partial charge is 0.220 e. The Kier molecular flexibility index (Phi) is 10.1. The van der Waals surface area contributed by atoms with E-state index in [-0.39, 0.29) is 0 Å². The summed E-state index contributed by atoms with van der Waals surface area (Å²) in [7, 11) is -6.16. The maximum Gasteiger partial charge on any atom is 0.220 e. The van der Waals surface area contributed by atoms with Crippen LogP contribution in [0.15, 0.2) is 291 Å². The molecule has 0 bridgehead atoms. The van der Waals surface area contributed by atoms with Gasteiger partial charge in [-0.1, -0.05) is 218 Å². The molecule has 15 rings (SSSR count). The Morgan fingerprint density at radius 3 is 0.855 bits per heavy atom. The van der Waals surface area contributed by atoms with E-state index < -0.39 is 16.1 Å². The average Bonchev–Trinajstić information content (AvgIpc) is 4.26. The SMILES string of the molecule is c1ccc([Si](c2ccccc2)(c2ccc([Si](c3ccccc3)(c3ccccc3)c3cccc(-n4c5ccccc5n5c6ccccc6nc45)c3)cc2)c2cccc(-n3c4ccccc4n4c5ccccc5nc34)c2)cc1. The van der Waals surface area contributed by atoms with Crippen LogP contribution < -0.4 is 41.5 Å². The second-order valence-electron chi connectivity index (χ2n) is 19.8. The lowest BCUT2D eigenvalue weighted by atomic mass is 10.2. The van der Waals surface area contributed by atoms with Gasteiger partial charge in [0, 0.05) is 11.4 Å². The Morgan fingerprint density at radius 2 is 0.500 bits per heavy atom. The topological polar surface area (TPSA) is 44.5 Å². The van der Waals surface area contributed by atoms with Crippen molar-refractivity contribution >= 4 is 113 Å². The van der Waals surface area contributed by atoms with Crippen LogP contribution in [0.5, 0.6) is 0 Å². The zero-order valence-electron chi connectivity index (χ0n) is 41.4. The van der Waals surface area contributed by atoms with E-state index >= 15 is 0 Å². The number of aromatic nitrogens is 6. The van der Waals surface area contributed by atoms with E-state index in [0.717, 1.165) is 67.1 Å². The molecule has 8 heteroatoms. The van der Waals surface area contributed by atoms with E-state index in [0.29, 0.717) is 0 Å². The van der Waals surface area contributed by atoms with Gasteiger partial charge in [-0.25, -0.2) is 9.97 Å². The Balaban J connectivity index is 0.971. The molecule has 76 heavy (non-hydrogen) atoms. The average molecular weight is 1010 g/mol. The zero-order valence-corrected chi connectivity index (χ0v) is 43.4. The van der Waals surface area contributed by atoms with Crippen LogP contribution >= 0.6 is 0 Å². The van der Waals surface area contributed by atoms with Crippen LogP contribution in [0.1, 0.15) is 0 Å². The summed E-state index contributed by atoms with van der Waals surface area (Å²) in [4.78, 5) is 10.6. The van der Waals surface area contributed by atoms with Gasteiger partial charge >= 0.3 is 0 Å². The number of imidazole rings is 4. The van der Waals surface area contributed by atoms with Crippen LogP contribution in [0.25, 0.3) is 67.1 Å². The molecule has 4 heterocycles. The third-order valence-corrected chi connectivity index (χ3v) is 25.4. The van der Waals surface area contributed by atoms with Gasteiger partial charge in [-0.15, -0.1) is 0 Å². The van der Waals surface area contributed by atoms with Gasteiger partial charge in [0.1, 0.15) is 0 Å². The predicted molar refractivity (Wildman–Crippen MR) is 320 cm³/mol.